The van der Waals surface area contributed by atoms with Crippen molar-refractivity contribution in [3.8, 4) is 11.5 Å². The molecule has 6 nitrogen and oxygen atoms in total. The Balaban J connectivity index is 2.14. The molecule has 2 aromatic carbocycles. The lowest BCUT2D eigenvalue weighted by Crippen LogP contribution is -2.32. The van der Waals surface area contributed by atoms with Gasteiger partial charge >= 0.3 is 0 Å². The molecule has 1 atom stereocenters. The number of ketones is 1. The van der Waals surface area contributed by atoms with Crippen LogP contribution in [0.2, 0.25) is 0 Å². The highest BCUT2D eigenvalue weighted by Crippen LogP contribution is 2.43. The summed E-state index contributed by atoms with van der Waals surface area (Å²) in [5, 5.41) is 20.6. The second-order valence-corrected chi connectivity index (χ2v) is 8.09. The predicted molar refractivity (Wildman–Crippen MR) is 109 cm³/mol. The topological polar surface area (TPSA) is 87.1 Å². The minimum absolute atomic E-state index is 0.0490. The molecule has 1 unspecified atom stereocenters. The minimum Gasteiger partial charge on any atom is -0.504 e. The number of aliphatic hydroxyl groups excluding tert-OH is 1. The smallest absolute Gasteiger partial charge is 0.290 e. The molecule has 0 radical (unpaired) electrons. The first-order valence-electron chi connectivity index (χ1n) is 9.35. The molecule has 0 bridgehead atoms. The van der Waals surface area contributed by atoms with Gasteiger partial charge in [-0.3, -0.25) is 9.59 Å². The highest BCUT2D eigenvalue weighted by atomic mass is 16.5. The molecule has 1 aliphatic rings. The molecule has 0 saturated heterocycles. The molecule has 6 heteroatoms. The van der Waals surface area contributed by atoms with E-state index >= 15 is 0 Å². The molecule has 0 aromatic heterocycles. The number of methoxy groups -OCH3 is 1. The van der Waals surface area contributed by atoms with Gasteiger partial charge in [0.1, 0.15) is 0 Å². The summed E-state index contributed by atoms with van der Waals surface area (Å²) in [6.07, 6.45) is 0. The van der Waals surface area contributed by atoms with E-state index in [-0.39, 0.29) is 29.4 Å². The molecule has 0 spiro atoms. The maximum atomic E-state index is 13.1. The number of amides is 1. The van der Waals surface area contributed by atoms with Gasteiger partial charge in [0.25, 0.3) is 5.91 Å². The van der Waals surface area contributed by atoms with Gasteiger partial charge in [-0.05, 0) is 23.3 Å². The van der Waals surface area contributed by atoms with Gasteiger partial charge in [-0.2, -0.15) is 0 Å². The number of hydrogen-bond acceptors (Lipinski definition) is 5. The highest BCUT2D eigenvalue weighted by molar-refractivity contribution is 6.10. The fourth-order valence-corrected chi connectivity index (χ4v) is 3.44. The third-order valence-corrected chi connectivity index (χ3v) is 4.94. The van der Waals surface area contributed by atoms with Crippen LogP contribution in [0.5, 0.6) is 11.5 Å². The van der Waals surface area contributed by atoms with Crippen molar-refractivity contribution in [3.05, 3.63) is 71.0 Å². The molecular formula is C23H25NO5. The molecule has 0 fully saturated rings. The van der Waals surface area contributed by atoms with Crippen LogP contribution in [-0.2, 0) is 16.1 Å². The van der Waals surface area contributed by atoms with Crippen LogP contribution in [0.25, 0.3) is 0 Å². The average molecular weight is 395 g/mol. The SMILES string of the molecule is COc1cc(C2C(C(=O)C(C)(C)C)=C(O)C(=O)N2Cc2ccccc2)ccc1O. The fourth-order valence-electron chi connectivity index (χ4n) is 3.44. The number of carbonyl (C=O) groups excluding carboxylic acids is 2. The summed E-state index contributed by atoms with van der Waals surface area (Å²) >= 11 is 0. The molecule has 1 heterocycles. The van der Waals surface area contributed by atoms with Crippen LogP contribution in [0.3, 0.4) is 0 Å². The molecule has 2 N–H and O–H groups in total. The van der Waals surface area contributed by atoms with E-state index in [4.69, 9.17) is 4.74 Å². The Hall–Kier alpha value is -3.28. The van der Waals surface area contributed by atoms with E-state index in [1.54, 1.807) is 32.9 Å². The zero-order chi connectivity index (χ0) is 21.3. The van der Waals surface area contributed by atoms with Gasteiger partial charge in [-0.25, -0.2) is 0 Å². The van der Waals surface area contributed by atoms with Gasteiger partial charge in [-0.15, -0.1) is 0 Å². The molecule has 1 aliphatic heterocycles. The van der Waals surface area contributed by atoms with Crippen LogP contribution < -0.4 is 4.74 Å². The van der Waals surface area contributed by atoms with Crippen molar-refractivity contribution in [1.82, 2.24) is 4.90 Å². The van der Waals surface area contributed by atoms with Crippen molar-refractivity contribution in [2.24, 2.45) is 5.41 Å². The first kappa shape index (κ1) is 20.5. The number of ether oxygens (including phenoxy) is 1. The summed E-state index contributed by atoms with van der Waals surface area (Å²) in [4.78, 5) is 27.6. The number of nitrogens with zero attached hydrogens (tertiary/aromatic N) is 1. The number of rotatable bonds is 5. The number of Topliss-reactive ketones (excluding diaryl/α,β-unsaturated/α-hetero) is 1. The first-order chi connectivity index (χ1) is 13.6. The summed E-state index contributed by atoms with van der Waals surface area (Å²) in [5.74, 6) is -1.26. The Bertz CT molecular complexity index is 973. The van der Waals surface area contributed by atoms with Crippen molar-refractivity contribution in [2.75, 3.05) is 7.11 Å². The second-order valence-electron chi connectivity index (χ2n) is 8.09. The fraction of sp³-hybridized carbons (Fsp3) is 0.304. The normalized spacial score (nSPS) is 17.0. The molecule has 0 saturated carbocycles. The van der Waals surface area contributed by atoms with E-state index in [1.807, 2.05) is 30.3 Å². The quantitative estimate of drug-likeness (QED) is 0.801. The summed E-state index contributed by atoms with van der Waals surface area (Å²) in [6, 6.07) is 13.2. The summed E-state index contributed by atoms with van der Waals surface area (Å²) in [7, 11) is 1.43. The highest BCUT2D eigenvalue weighted by Gasteiger charge is 2.46. The lowest BCUT2D eigenvalue weighted by Gasteiger charge is -2.29. The van der Waals surface area contributed by atoms with Crippen molar-refractivity contribution in [2.45, 2.75) is 33.4 Å². The number of phenols is 1. The van der Waals surface area contributed by atoms with E-state index in [0.29, 0.717) is 5.56 Å². The number of benzene rings is 2. The lowest BCUT2D eigenvalue weighted by atomic mass is 9.82. The third-order valence-electron chi connectivity index (χ3n) is 4.94. The maximum absolute atomic E-state index is 13.1. The van der Waals surface area contributed by atoms with E-state index in [1.165, 1.54) is 18.1 Å². The summed E-state index contributed by atoms with van der Waals surface area (Å²) in [5.41, 5.74) is 0.714. The molecule has 29 heavy (non-hydrogen) atoms. The van der Waals surface area contributed by atoms with Crippen molar-refractivity contribution < 1.29 is 24.5 Å². The van der Waals surface area contributed by atoms with Gasteiger partial charge in [0.05, 0.1) is 18.7 Å². The predicted octanol–water partition coefficient (Wildman–Crippen LogP) is 3.91. The van der Waals surface area contributed by atoms with E-state index < -0.39 is 23.1 Å². The van der Waals surface area contributed by atoms with E-state index in [0.717, 1.165) is 5.56 Å². The Labute approximate surface area is 170 Å². The zero-order valence-corrected chi connectivity index (χ0v) is 17.0. The first-order valence-corrected chi connectivity index (χ1v) is 9.35. The standard InChI is InChI=1S/C23H25NO5/c1-23(2,3)21(27)18-19(15-10-11-16(25)17(12-15)29-4)24(22(28)20(18)26)13-14-8-6-5-7-9-14/h5-12,19,25-26H,13H2,1-4H3. The van der Waals surface area contributed by atoms with E-state index in [2.05, 4.69) is 0 Å². The summed E-state index contributed by atoms with van der Waals surface area (Å²) in [6.45, 7) is 5.45. The van der Waals surface area contributed by atoms with Gasteiger partial charge < -0.3 is 19.8 Å². The van der Waals surface area contributed by atoms with Gasteiger partial charge in [0.2, 0.25) is 0 Å². The van der Waals surface area contributed by atoms with Crippen LogP contribution in [0.4, 0.5) is 0 Å². The van der Waals surface area contributed by atoms with Crippen LogP contribution in [0.15, 0.2) is 59.9 Å². The molecular weight excluding hydrogens is 370 g/mol. The summed E-state index contributed by atoms with van der Waals surface area (Å²) < 4.78 is 5.20. The van der Waals surface area contributed by atoms with Crippen LogP contribution >= 0.6 is 0 Å². The van der Waals surface area contributed by atoms with Crippen molar-refractivity contribution in [3.63, 3.8) is 0 Å². The molecule has 3 rings (SSSR count). The van der Waals surface area contributed by atoms with Crippen molar-refractivity contribution >= 4 is 11.7 Å². The Morgan fingerprint density at radius 2 is 1.76 bits per heavy atom. The van der Waals surface area contributed by atoms with Gasteiger partial charge in [0, 0.05) is 12.0 Å². The van der Waals surface area contributed by atoms with Crippen LogP contribution in [-0.4, -0.2) is 33.9 Å². The molecule has 2 aromatic rings. The molecule has 1 amide bonds. The number of aliphatic hydroxyl groups is 1. The third kappa shape index (κ3) is 3.83. The lowest BCUT2D eigenvalue weighted by molar-refractivity contribution is -0.130. The number of aromatic hydroxyl groups is 1. The number of hydrogen-bond donors (Lipinski definition) is 2. The Morgan fingerprint density at radius 3 is 2.34 bits per heavy atom. The number of carbonyl (C=O) groups is 2. The average Bonchev–Trinajstić information content (AvgIpc) is 2.92. The largest absolute Gasteiger partial charge is 0.504 e. The molecule has 0 aliphatic carbocycles. The Kier molecular flexibility index (Phi) is 5.38. The van der Waals surface area contributed by atoms with Crippen LogP contribution in [0.1, 0.15) is 37.9 Å². The van der Waals surface area contributed by atoms with E-state index in [9.17, 15) is 19.8 Å². The Morgan fingerprint density at radius 1 is 1.10 bits per heavy atom. The van der Waals surface area contributed by atoms with Crippen molar-refractivity contribution in [1.29, 1.82) is 0 Å². The molecule has 152 valence electrons. The monoisotopic (exact) mass is 395 g/mol. The van der Waals surface area contributed by atoms with Gasteiger partial charge in [0.15, 0.2) is 23.0 Å². The zero-order valence-electron chi connectivity index (χ0n) is 17.0. The number of phenolic OH excluding ortho intramolecular Hbond substituents is 1. The maximum Gasteiger partial charge on any atom is 0.290 e. The second kappa shape index (κ2) is 7.62. The van der Waals surface area contributed by atoms with Crippen LogP contribution in [0, 0.1) is 5.41 Å². The van der Waals surface area contributed by atoms with Gasteiger partial charge in [-0.1, -0.05) is 57.2 Å². The minimum atomic E-state index is -0.788.